The van der Waals surface area contributed by atoms with Gasteiger partial charge in [-0.25, -0.2) is 0 Å². The molecule has 1 aliphatic heterocycles. The highest BCUT2D eigenvalue weighted by Crippen LogP contribution is 2.15. The Kier molecular flexibility index (Phi) is 6.63. The molecule has 0 aliphatic carbocycles. The monoisotopic (exact) mass is 258 g/mol. The van der Waals surface area contributed by atoms with E-state index in [-0.39, 0.29) is 12.4 Å². The molecule has 1 aromatic heterocycles. The molecule has 1 saturated heterocycles. The summed E-state index contributed by atoms with van der Waals surface area (Å²) >= 11 is 0. The summed E-state index contributed by atoms with van der Waals surface area (Å²) in [6.45, 7) is 8.05. The van der Waals surface area contributed by atoms with E-state index in [0.717, 1.165) is 19.0 Å². The van der Waals surface area contributed by atoms with Crippen molar-refractivity contribution in [3.63, 3.8) is 0 Å². The fourth-order valence-corrected chi connectivity index (χ4v) is 2.42. The average Bonchev–Trinajstić information content (AvgIpc) is 2.82. The van der Waals surface area contributed by atoms with Crippen LogP contribution in [0.25, 0.3) is 0 Å². The van der Waals surface area contributed by atoms with Crippen LogP contribution in [0.4, 0.5) is 0 Å². The molecule has 0 saturated carbocycles. The summed E-state index contributed by atoms with van der Waals surface area (Å²) in [5.74, 6) is 0.820. The summed E-state index contributed by atoms with van der Waals surface area (Å²) in [5, 5.41) is 3.52. The van der Waals surface area contributed by atoms with Gasteiger partial charge in [-0.05, 0) is 44.5 Å². The fraction of sp³-hybridized carbons (Fsp3) is 0.692. The van der Waals surface area contributed by atoms with Gasteiger partial charge in [-0.3, -0.25) is 0 Å². The number of furan rings is 1. The van der Waals surface area contributed by atoms with Gasteiger partial charge in [0.1, 0.15) is 0 Å². The molecule has 1 fully saturated rings. The van der Waals surface area contributed by atoms with Crippen molar-refractivity contribution >= 4 is 12.4 Å². The third kappa shape index (κ3) is 4.70. The van der Waals surface area contributed by atoms with Gasteiger partial charge < -0.3 is 14.6 Å². The molecule has 1 unspecified atom stereocenters. The van der Waals surface area contributed by atoms with Gasteiger partial charge in [-0.15, -0.1) is 12.4 Å². The highest BCUT2D eigenvalue weighted by molar-refractivity contribution is 5.85. The van der Waals surface area contributed by atoms with E-state index >= 15 is 0 Å². The molecule has 4 heteroatoms. The Morgan fingerprint density at radius 1 is 1.53 bits per heavy atom. The third-order valence-electron chi connectivity index (χ3n) is 3.39. The molecular weight excluding hydrogens is 236 g/mol. The van der Waals surface area contributed by atoms with Gasteiger partial charge in [-0.2, -0.15) is 0 Å². The first-order valence-corrected chi connectivity index (χ1v) is 6.32. The van der Waals surface area contributed by atoms with Gasteiger partial charge >= 0.3 is 0 Å². The number of likely N-dealkylation sites (tertiary alicyclic amines) is 1. The molecule has 0 amide bonds. The molecule has 0 aromatic carbocycles. The number of piperidine rings is 1. The van der Waals surface area contributed by atoms with Crippen molar-refractivity contribution in [2.75, 3.05) is 26.2 Å². The van der Waals surface area contributed by atoms with Crippen molar-refractivity contribution in [2.45, 2.75) is 26.3 Å². The lowest BCUT2D eigenvalue weighted by atomic mass is 9.98. The van der Waals surface area contributed by atoms with Crippen molar-refractivity contribution in [1.82, 2.24) is 10.2 Å². The van der Waals surface area contributed by atoms with E-state index in [4.69, 9.17) is 4.42 Å². The fourth-order valence-electron chi connectivity index (χ4n) is 2.42. The maximum Gasteiger partial charge on any atom is 0.0947 e. The highest BCUT2D eigenvalue weighted by Gasteiger charge is 2.17. The number of hydrogen-bond acceptors (Lipinski definition) is 3. The van der Waals surface area contributed by atoms with Crippen molar-refractivity contribution < 1.29 is 4.42 Å². The van der Waals surface area contributed by atoms with Gasteiger partial charge in [0.2, 0.25) is 0 Å². The van der Waals surface area contributed by atoms with E-state index in [2.05, 4.69) is 17.1 Å². The maximum atomic E-state index is 5.04. The zero-order valence-corrected chi connectivity index (χ0v) is 11.3. The zero-order chi connectivity index (χ0) is 11.2. The second-order valence-electron chi connectivity index (χ2n) is 4.66. The van der Waals surface area contributed by atoms with E-state index in [0.29, 0.717) is 0 Å². The van der Waals surface area contributed by atoms with Crippen molar-refractivity contribution in [1.29, 1.82) is 0 Å². The molecule has 0 bridgehead atoms. The van der Waals surface area contributed by atoms with Crippen molar-refractivity contribution in [3.8, 4) is 0 Å². The standard InChI is InChI=1S/C13H22N2O.ClH/c1-2-15-6-3-4-12(10-15)8-14-9-13-5-7-16-11-13;/h5,7,11-12,14H,2-4,6,8-10H2,1H3;1H. The predicted molar refractivity (Wildman–Crippen MR) is 72.5 cm³/mol. The first-order valence-electron chi connectivity index (χ1n) is 6.32. The first-order chi connectivity index (χ1) is 7.88. The van der Waals surface area contributed by atoms with Crippen LogP contribution in [-0.2, 0) is 6.54 Å². The molecule has 3 nitrogen and oxygen atoms in total. The summed E-state index contributed by atoms with van der Waals surface area (Å²) in [7, 11) is 0. The molecular formula is C13H23ClN2O. The molecule has 2 rings (SSSR count). The molecule has 98 valence electrons. The molecule has 1 N–H and O–H groups in total. The second-order valence-corrected chi connectivity index (χ2v) is 4.66. The lowest BCUT2D eigenvalue weighted by Gasteiger charge is -2.31. The normalized spacial score (nSPS) is 21.1. The lowest BCUT2D eigenvalue weighted by molar-refractivity contribution is 0.180. The predicted octanol–water partition coefficient (Wildman–Crippen LogP) is 2.52. The third-order valence-corrected chi connectivity index (χ3v) is 3.39. The lowest BCUT2D eigenvalue weighted by Crippen LogP contribution is -2.39. The summed E-state index contributed by atoms with van der Waals surface area (Å²) in [6, 6.07) is 2.02. The van der Waals surface area contributed by atoms with Crippen LogP contribution >= 0.6 is 12.4 Å². The maximum absolute atomic E-state index is 5.04. The molecule has 1 aromatic rings. The SMILES string of the molecule is CCN1CCCC(CNCc2ccoc2)C1.Cl. The van der Waals surface area contributed by atoms with Crippen LogP contribution in [0.5, 0.6) is 0 Å². The van der Waals surface area contributed by atoms with Crippen LogP contribution in [0.1, 0.15) is 25.3 Å². The summed E-state index contributed by atoms with van der Waals surface area (Å²) < 4.78 is 5.04. The van der Waals surface area contributed by atoms with Crippen molar-refractivity contribution in [2.24, 2.45) is 5.92 Å². The summed E-state index contributed by atoms with van der Waals surface area (Å²) in [4.78, 5) is 2.55. The van der Waals surface area contributed by atoms with Crippen LogP contribution in [0.2, 0.25) is 0 Å². The Balaban J connectivity index is 0.00000144. The van der Waals surface area contributed by atoms with Gasteiger partial charge in [0.25, 0.3) is 0 Å². The van der Waals surface area contributed by atoms with Gasteiger partial charge in [0, 0.05) is 18.7 Å². The van der Waals surface area contributed by atoms with Crippen LogP contribution in [0.15, 0.2) is 23.0 Å². The minimum Gasteiger partial charge on any atom is -0.472 e. The zero-order valence-electron chi connectivity index (χ0n) is 10.5. The Morgan fingerprint density at radius 2 is 2.41 bits per heavy atom. The minimum atomic E-state index is 0. The molecule has 0 radical (unpaired) electrons. The van der Waals surface area contributed by atoms with E-state index < -0.39 is 0 Å². The number of nitrogens with zero attached hydrogens (tertiary/aromatic N) is 1. The largest absolute Gasteiger partial charge is 0.472 e. The first kappa shape index (κ1) is 14.6. The smallest absolute Gasteiger partial charge is 0.0947 e. The average molecular weight is 259 g/mol. The van der Waals surface area contributed by atoms with Gasteiger partial charge in [0.15, 0.2) is 0 Å². The molecule has 17 heavy (non-hydrogen) atoms. The molecule has 1 aliphatic rings. The second kappa shape index (κ2) is 7.75. The Morgan fingerprint density at radius 3 is 3.12 bits per heavy atom. The van der Waals surface area contributed by atoms with Crippen LogP contribution < -0.4 is 5.32 Å². The number of halogens is 1. The van der Waals surface area contributed by atoms with E-state index in [1.54, 1.807) is 6.26 Å². The summed E-state index contributed by atoms with van der Waals surface area (Å²) in [6.07, 6.45) is 6.27. The van der Waals surface area contributed by atoms with Gasteiger partial charge in [-0.1, -0.05) is 6.92 Å². The van der Waals surface area contributed by atoms with Crippen LogP contribution in [0, 0.1) is 5.92 Å². The van der Waals surface area contributed by atoms with Gasteiger partial charge in [0.05, 0.1) is 12.5 Å². The molecule has 2 heterocycles. The van der Waals surface area contributed by atoms with E-state index in [9.17, 15) is 0 Å². The number of hydrogen-bond donors (Lipinski definition) is 1. The number of nitrogens with one attached hydrogen (secondary N) is 1. The topological polar surface area (TPSA) is 28.4 Å². The molecule has 0 spiro atoms. The van der Waals surface area contributed by atoms with E-state index in [1.807, 2.05) is 12.3 Å². The quantitative estimate of drug-likeness (QED) is 0.880. The Bertz CT molecular complexity index is 290. The Hall–Kier alpha value is -0.510. The Labute approximate surface area is 110 Å². The summed E-state index contributed by atoms with van der Waals surface area (Å²) in [5.41, 5.74) is 1.24. The number of rotatable bonds is 5. The van der Waals surface area contributed by atoms with Crippen LogP contribution in [-0.4, -0.2) is 31.1 Å². The van der Waals surface area contributed by atoms with E-state index in [1.165, 1.54) is 38.0 Å². The highest BCUT2D eigenvalue weighted by atomic mass is 35.5. The molecule has 1 atom stereocenters. The minimum absolute atomic E-state index is 0. The van der Waals surface area contributed by atoms with Crippen LogP contribution in [0.3, 0.4) is 0 Å². The van der Waals surface area contributed by atoms with Crippen molar-refractivity contribution in [3.05, 3.63) is 24.2 Å².